The summed E-state index contributed by atoms with van der Waals surface area (Å²) < 4.78 is 34.7. The van der Waals surface area contributed by atoms with Gasteiger partial charge < -0.3 is 28.4 Å². The van der Waals surface area contributed by atoms with Crippen molar-refractivity contribution in [2.45, 2.75) is 24.4 Å². The number of ether oxygens (including phenoxy) is 6. The summed E-state index contributed by atoms with van der Waals surface area (Å²) in [5.74, 6) is -2.76. The summed E-state index contributed by atoms with van der Waals surface area (Å²) in [6, 6.07) is 33.1. The fraction of sp³-hybridized carbons (Fsp3) is 0.200. The van der Waals surface area contributed by atoms with Gasteiger partial charge in [0.1, 0.15) is 32.2 Å². The molecule has 1 aliphatic rings. The second-order valence-electron chi connectivity index (χ2n) is 9.93. The Kier molecular flexibility index (Phi) is 10.7. The van der Waals surface area contributed by atoms with E-state index in [1.807, 2.05) is 0 Å². The lowest BCUT2D eigenvalue weighted by Crippen LogP contribution is -2.51. The Morgan fingerprint density at radius 3 is 1.07 bits per heavy atom. The van der Waals surface area contributed by atoms with Crippen LogP contribution in [0.5, 0.6) is 0 Å². The number of hydrogen-bond acceptors (Lipinski definition) is 10. The molecule has 1 heterocycles. The van der Waals surface area contributed by atoms with Gasteiger partial charge in [0.05, 0.1) is 22.3 Å². The van der Waals surface area contributed by atoms with E-state index in [1.54, 1.807) is 121 Å². The predicted octanol–water partition coefficient (Wildman–Crippen LogP) is 4.89. The van der Waals surface area contributed by atoms with E-state index >= 15 is 0 Å². The van der Waals surface area contributed by atoms with Gasteiger partial charge in [-0.15, -0.1) is 0 Å². The Morgan fingerprint density at radius 1 is 0.467 bits per heavy atom. The SMILES string of the molecule is O=C(OC[C@@H]1OCO[C@H](COC(=O)c2ccccc2)[C@@H](OC(=O)c2ccccc2)[C@@H]1OC(=O)c1ccccc1)c1ccccc1. The second kappa shape index (κ2) is 15.4. The third-order valence-corrected chi connectivity index (χ3v) is 6.90. The molecule has 5 rings (SSSR count). The number of rotatable bonds is 10. The Bertz CT molecular complexity index is 1440. The van der Waals surface area contributed by atoms with Gasteiger partial charge in [-0.05, 0) is 48.5 Å². The van der Waals surface area contributed by atoms with Crippen molar-refractivity contribution in [1.29, 1.82) is 0 Å². The van der Waals surface area contributed by atoms with Crippen molar-refractivity contribution >= 4 is 23.9 Å². The summed E-state index contributed by atoms with van der Waals surface area (Å²) in [5, 5.41) is 0. The molecule has 0 aromatic heterocycles. The largest absolute Gasteiger partial charge is 0.459 e. The lowest BCUT2D eigenvalue weighted by atomic mass is 10.0. The van der Waals surface area contributed by atoms with Crippen LogP contribution in [0.3, 0.4) is 0 Å². The molecule has 1 saturated heterocycles. The molecule has 0 radical (unpaired) electrons. The van der Waals surface area contributed by atoms with Crippen LogP contribution in [-0.4, -0.2) is 68.3 Å². The molecule has 0 amide bonds. The molecule has 45 heavy (non-hydrogen) atoms. The summed E-state index contributed by atoms with van der Waals surface area (Å²) in [5.41, 5.74) is 1.06. The number of hydrogen-bond donors (Lipinski definition) is 0. The quantitative estimate of drug-likeness (QED) is 0.181. The van der Waals surface area contributed by atoms with Gasteiger partial charge in [0.15, 0.2) is 12.2 Å². The molecule has 230 valence electrons. The normalized spacial score (nSPS) is 19.4. The molecule has 1 aliphatic heterocycles. The van der Waals surface area contributed by atoms with Gasteiger partial charge in [0.25, 0.3) is 0 Å². The summed E-state index contributed by atoms with van der Waals surface area (Å²) >= 11 is 0. The minimum atomic E-state index is -1.35. The van der Waals surface area contributed by atoms with Crippen LogP contribution in [0, 0.1) is 0 Å². The van der Waals surface area contributed by atoms with Crippen molar-refractivity contribution in [3.05, 3.63) is 144 Å². The highest BCUT2D eigenvalue weighted by Gasteiger charge is 2.46. The maximum Gasteiger partial charge on any atom is 0.338 e. The van der Waals surface area contributed by atoms with E-state index in [0.717, 1.165) is 0 Å². The first kappa shape index (κ1) is 31.1. The number of esters is 4. The molecule has 1 fully saturated rings. The van der Waals surface area contributed by atoms with E-state index in [-0.39, 0.29) is 31.1 Å². The van der Waals surface area contributed by atoms with E-state index in [4.69, 9.17) is 28.4 Å². The van der Waals surface area contributed by atoms with Crippen LogP contribution in [0.2, 0.25) is 0 Å². The molecule has 10 heteroatoms. The number of carbonyl (C=O) groups is 4. The van der Waals surface area contributed by atoms with Gasteiger partial charge >= 0.3 is 23.9 Å². The monoisotopic (exact) mass is 610 g/mol. The zero-order valence-corrected chi connectivity index (χ0v) is 24.1. The van der Waals surface area contributed by atoms with Gasteiger partial charge in [-0.1, -0.05) is 72.8 Å². The first-order chi connectivity index (χ1) is 22.0. The first-order valence-electron chi connectivity index (χ1n) is 14.2. The highest BCUT2D eigenvalue weighted by atomic mass is 16.7. The number of benzene rings is 4. The topological polar surface area (TPSA) is 124 Å². The van der Waals surface area contributed by atoms with Gasteiger partial charge in [-0.25, -0.2) is 19.2 Å². The van der Waals surface area contributed by atoms with E-state index in [2.05, 4.69) is 0 Å². The first-order valence-corrected chi connectivity index (χ1v) is 14.2. The fourth-order valence-corrected chi connectivity index (χ4v) is 4.56. The van der Waals surface area contributed by atoms with Gasteiger partial charge in [-0.3, -0.25) is 0 Å². The van der Waals surface area contributed by atoms with Crippen LogP contribution in [0.25, 0.3) is 0 Å². The third kappa shape index (κ3) is 8.41. The third-order valence-electron chi connectivity index (χ3n) is 6.90. The average Bonchev–Trinajstić information content (AvgIpc) is 3.25. The fourth-order valence-electron chi connectivity index (χ4n) is 4.56. The van der Waals surface area contributed by atoms with E-state index < -0.39 is 48.3 Å². The van der Waals surface area contributed by atoms with Crippen molar-refractivity contribution < 1.29 is 47.6 Å². The summed E-state index contributed by atoms with van der Waals surface area (Å²) in [6.07, 6.45) is -4.96. The average molecular weight is 611 g/mol. The predicted molar refractivity (Wildman–Crippen MR) is 159 cm³/mol. The summed E-state index contributed by atoms with van der Waals surface area (Å²) in [6.45, 7) is -1.13. The lowest BCUT2D eigenvalue weighted by molar-refractivity contribution is -0.125. The van der Waals surface area contributed by atoms with Crippen molar-refractivity contribution in [2.24, 2.45) is 0 Å². The van der Waals surface area contributed by atoms with Gasteiger partial charge in [0.2, 0.25) is 0 Å². The smallest absolute Gasteiger partial charge is 0.338 e. The molecule has 0 N–H and O–H groups in total. The zero-order chi connectivity index (χ0) is 31.4. The van der Waals surface area contributed by atoms with Crippen LogP contribution < -0.4 is 0 Å². The van der Waals surface area contributed by atoms with Crippen LogP contribution in [0.1, 0.15) is 41.4 Å². The number of carbonyl (C=O) groups excluding carboxylic acids is 4. The molecule has 4 aromatic rings. The summed E-state index contributed by atoms with van der Waals surface area (Å²) in [7, 11) is 0. The minimum Gasteiger partial charge on any atom is -0.459 e. The van der Waals surface area contributed by atoms with E-state index in [0.29, 0.717) is 11.1 Å². The van der Waals surface area contributed by atoms with Crippen molar-refractivity contribution in [2.75, 3.05) is 20.0 Å². The van der Waals surface area contributed by atoms with Crippen LogP contribution >= 0.6 is 0 Å². The van der Waals surface area contributed by atoms with Crippen molar-refractivity contribution in [3.8, 4) is 0 Å². The molecule has 10 nitrogen and oxygen atoms in total. The highest BCUT2D eigenvalue weighted by molar-refractivity contribution is 5.91. The molecule has 0 saturated carbocycles. The molecular weight excluding hydrogens is 580 g/mol. The van der Waals surface area contributed by atoms with Crippen LogP contribution in [0.15, 0.2) is 121 Å². The lowest BCUT2D eigenvalue weighted by Gasteiger charge is -2.32. The van der Waals surface area contributed by atoms with Gasteiger partial charge in [0, 0.05) is 0 Å². The Morgan fingerprint density at radius 2 is 0.756 bits per heavy atom. The Hall–Kier alpha value is -5.32. The van der Waals surface area contributed by atoms with Crippen LogP contribution in [-0.2, 0) is 28.4 Å². The maximum absolute atomic E-state index is 13.3. The minimum absolute atomic E-state index is 0.225. The van der Waals surface area contributed by atoms with Crippen molar-refractivity contribution in [3.63, 3.8) is 0 Å². The Balaban J connectivity index is 1.44. The molecular formula is C35H30O10. The van der Waals surface area contributed by atoms with Gasteiger partial charge in [-0.2, -0.15) is 0 Å². The van der Waals surface area contributed by atoms with E-state index in [9.17, 15) is 19.2 Å². The summed E-state index contributed by atoms with van der Waals surface area (Å²) in [4.78, 5) is 52.2. The molecule has 0 unspecified atom stereocenters. The Labute approximate surface area is 259 Å². The van der Waals surface area contributed by atoms with Crippen molar-refractivity contribution in [1.82, 2.24) is 0 Å². The van der Waals surface area contributed by atoms with E-state index in [1.165, 1.54) is 0 Å². The van der Waals surface area contributed by atoms with Crippen LogP contribution in [0.4, 0.5) is 0 Å². The second-order valence-corrected chi connectivity index (χ2v) is 9.93. The zero-order valence-electron chi connectivity index (χ0n) is 24.1. The molecule has 0 bridgehead atoms. The maximum atomic E-state index is 13.3. The molecule has 0 aliphatic carbocycles. The molecule has 4 aromatic carbocycles. The highest BCUT2D eigenvalue weighted by Crippen LogP contribution is 2.25. The standard InChI is InChI=1S/C35H30O10/c36-32(24-13-5-1-6-14-24)40-21-28-30(44-34(38)26-17-9-3-10-18-26)31(45-35(39)27-19-11-4-12-20-27)29(43-23-42-28)22-41-33(37)25-15-7-2-8-16-25/h1-20,28-31H,21-23H2/t28-,29+,30-,31-/m1/s1. The molecule has 4 atom stereocenters. The molecule has 0 spiro atoms.